The predicted molar refractivity (Wildman–Crippen MR) is 88.5 cm³/mol. The van der Waals surface area contributed by atoms with E-state index in [9.17, 15) is 14.7 Å². The summed E-state index contributed by atoms with van der Waals surface area (Å²) in [6.45, 7) is 1.86. The number of carbonyl (C=O) groups excluding carboxylic acids is 2. The number of anilines is 1. The highest BCUT2D eigenvalue weighted by molar-refractivity contribution is 5.83. The molecule has 0 spiro atoms. The lowest BCUT2D eigenvalue weighted by molar-refractivity contribution is -0.135. The van der Waals surface area contributed by atoms with E-state index >= 15 is 0 Å². The van der Waals surface area contributed by atoms with Crippen LogP contribution in [0.2, 0.25) is 0 Å². The van der Waals surface area contributed by atoms with Crippen LogP contribution in [0.15, 0.2) is 24.3 Å². The summed E-state index contributed by atoms with van der Waals surface area (Å²) in [5.41, 5.74) is 6.12. The molecule has 1 atom stereocenters. The maximum atomic E-state index is 12.7. The number of ether oxygens (including phenoxy) is 1. The monoisotopic (exact) mass is 333 g/mol. The summed E-state index contributed by atoms with van der Waals surface area (Å²) >= 11 is 0. The van der Waals surface area contributed by atoms with Gasteiger partial charge in [0, 0.05) is 18.8 Å². The molecule has 2 aliphatic heterocycles. The Morgan fingerprint density at radius 1 is 1.29 bits per heavy atom. The number of carbonyl (C=O) groups is 2. The standard InChI is InChI=1S/C17H23N3O4/c18-15(21)9-17(23)11-20(7-8-24-12-17)16(22)10-19-6-5-13-3-1-2-4-14(13)19/h1-4,23H,5-12H2,(H2,18,21)/t17-/m0/s1. The quantitative estimate of drug-likeness (QED) is 0.775. The van der Waals surface area contributed by atoms with Gasteiger partial charge in [0.25, 0.3) is 0 Å². The number of para-hydroxylation sites is 1. The lowest BCUT2D eigenvalue weighted by atomic mass is 10.00. The molecule has 7 nitrogen and oxygen atoms in total. The summed E-state index contributed by atoms with van der Waals surface area (Å²) in [7, 11) is 0. The van der Waals surface area contributed by atoms with Crippen LogP contribution >= 0.6 is 0 Å². The topological polar surface area (TPSA) is 96.1 Å². The second kappa shape index (κ2) is 6.78. The van der Waals surface area contributed by atoms with Crippen molar-refractivity contribution in [3.05, 3.63) is 29.8 Å². The highest BCUT2D eigenvalue weighted by atomic mass is 16.5. The number of amides is 2. The summed E-state index contributed by atoms with van der Waals surface area (Å²) in [5, 5.41) is 10.5. The summed E-state index contributed by atoms with van der Waals surface area (Å²) in [6, 6.07) is 8.06. The molecule has 0 unspecified atom stereocenters. The number of nitrogens with two attached hydrogens (primary N) is 1. The van der Waals surface area contributed by atoms with Gasteiger partial charge in [-0.05, 0) is 18.1 Å². The van der Waals surface area contributed by atoms with Gasteiger partial charge >= 0.3 is 0 Å². The van der Waals surface area contributed by atoms with Crippen LogP contribution in [-0.2, 0) is 20.7 Å². The van der Waals surface area contributed by atoms with Crippen LogP contribution in [0.3, 0.4) is 0 Å². The van der Waals surface area contributed by atoms with Crippen molar-refractivity contribution in [3.8, 4) is 0 Å². The average molecular weight is 333 g/mol. The molecule has 0 saturated carbocycles. The van der Waals surface area contributed by atoms with Gasteiger partial charge in [-0.25, -0.2) is 0 Å². The van der Waals surface area contributed by atoms with Gasteiger partial charge < -0.3 is 25.4 Å². The third kappa shape index (κ3) is 3.68. The van der Waals surface area contributed by atoms with Crippen LogP contribution in [0.25, 0.3) is 0 Å². The van der Waals surface area contributed by atoms with E-state index in [4.69, 9.17) is 10.5 Å². The van der Waals surface area contributed by atoms with Gasteiger partial charge in [-0.3, -0.25) is 9.59 Å². The smallest absolute Gasteiger partial charge is 0.242 e. The first-order valence-corrected chi connectivity index (χ1v) is 8.16. The number of β-amino-alcohol motifs (C(OH)–C–C–N with tert-alkyl or cyclic N) is 1. The number of nitrogens with zero attached hydrogens (tertiary/aromatic N) is 2. The molecule has 0 radical (unpaired) electrons. The molecule has 3 N–H and O–H groups in total. The number of rotatable bonds is 4. The van der Waals surface area contributed by atoms with Gasteiger partial charge in [-0.15, -0.1) is 0 Å². The van der Waals surface area contributed by atoms with Crippen molar-refractivity contribution in [2.75, 3.05) is 44.3 Å². The molecule has 1 aromatic rings. The minimum Gasteiger partial charge on any atom is -0.385 e. The van der Waals surface area contributed by atoms with Crippen LogP contribution in [0, 0.1) is 0 Å². The van der Waals surface area contributed by atoms with Gasteiger partial charge in [-0.1, -0.05) is 18.2 Å². The number of primary amides is 1. The Labute approximate surface area is 141 Å². The Morgan fingerprint density at radius 3 is 2.88 bits per heavy atom. The summed E-state index contributed by atoms with van der Waals surface area (Å²) in [6.07, 6.45) is 0.710. The Hall–Kier alpha value is -2.12. The van der Waals surface area contributed by atoms with Gasteiger partial charge in [0.1, 0.15) is 5.60 Å². The fraction of sp³-hybridized carbons (Fsp3) is 0.529. The Kier molecular flexibility index (Phi) is 4.73. The second-order valence-corrected chi connectivity index (χ2v) is 6.54. The van der Waals surface area contributed by atoms with E-state index in [-0.39, 0.29) is 32.0 Å². The molecular formula is C17H23N3O4. The summed E-state index contributed by atoms with van der Waals surface area (Å²) < 4.78 is 5.35. The van der Waals surface area contributed by atoms with Crippen LogP contribution in [0.5, 0.6) is 0 Å². The van der Waals surface area contributed by atoms with Crippen molar-refractivity contribution >= 4 is 17.5 Å². The molecule has 2 aliphatic rings. The van der Waals surface area contributed by atoms with Crippen molar-refractivity contribution in [2.45, 2.75) is 18.4 Å². The predicted octanol–water partition coefficient (Wildman–Crippen LogP) is -0.486. The number of fused-ring (bicyclic) bond motifs is 1. The first kappa shape index (κ1) is 16.7. The van der Waals surface area contributed by atoms with Crippen molar-refractivity contribution in [3.63, 3.8) is 0 Å². The largest absolute Gasteiger partial charge is 0.385 e. The SMILES string of the molecule is NC(=O)C[C@@]1(O)COCCN(C(=O)CN2CCc3ccccc32)C1. The third-order valence-corrected chi connectivity index (χ3v) is 4.53. The van der Waals surface area contributed by atoms with Crippen LogP contribution < -0.4 is 10.6 Å². The number of benzene rings is 1. The molecule has 2 amide bonds. The zero-order valence-electron chi connectivity index (χ0n) is 13.6. The lowest BCUT2D eigenvalue weighted by Crippen LogP contribution is -2.50. The highest BCUT2D eigenvalue weighted by Gasteiger charge is 2.36. The first-order valence-electron chi connectivity index (χ1n) is 8.16. The van der Waals surface area contributed by atoms with E-state index in [1.807, 2.05) is 18.2 Å². The fourth-order valence-electron chi connectivity index (χ4n) is 3.40. The van der Waals surface area contributed by atoms with Crippen LogP contribution in [-0.4, -0.2) is 66.8 Å². The molecule has 3 rings (SSSR count). The number of hydrogen-bond acceptors (Lipinski definition) is 5. The van der Waals surface area contributed by atoms with E-state index in [0.29, 0.717) is 13.2 Å². The fourth-order valence-corrected chi connectivity index (χ4v) is 3.40. The molecule has 1 fully saturated rings. The van der Waals surface area contributed by atoms with Crippen molar-refractivity contribution in [1.82, 2.24) is 4.90 Å². The Morgan fingerprint density at radius 2 is 2.08 bits per heavy atom. The molecule has 130 valence electrons. The average Bonchev–Trinajstić information content (AvgIpc) is 2.82. The van der Waals surface area contributed by atoms with Gasteiger partial charge in [0.05, 0.1) is 32.7 Å². The summed E-state index contributed by atoms with van der Waals surface area (Å²) in [5.74, 6) is -0.691. The minimum atomic E-state index is -1.42. The zero-order valence-corrected chi connectivity index (χ0v) is 13.6. The molecular weight excluding hydrogens is 310 g/mol. The van der Waals surface area contributed by atoms with E-state index in [2.05, 4.69) is 11.0 Å². The Bertz CT molecular complexity index is 636. The van der Waals surface area contributed by atoms with Crippen LogP contribution in [0.4, 0.5) is 5.69 Å². The van der Waals surface area contributed by atoms with E-state index < -0.39 is 11.5 Å². The molecule has 7 heteroatoms. The van der Waals surface area contributed by atoms with E-state index in [1.165, 1.54) is 5.56 Å². The van der Waals surface area contributed by atoms with Gasteiger partial charge in [0.2, 0.25) is 11.8 Å². The highest BCUT2D eigenvalue weighted by Crippen LogP contribution is 2.27. The second-order valence-electron chi connectivity index (χ2n) is 6.54. The molecule has 24 heavy (non-hydrogen) atoms. The summed E-state index contributed by atoms with van der Waals surface area (Å²) in [4.78, 5) is 27.5. The number of hydrogen-bond donors (Lipinski definition) is 2. The first-order chi connectivity index (χ1) is 11.5. The number of aliphatic hydroxyl groups is 1. The molecule has 0 bridgehead atoms. The zero-order chi connectivity index (χ0) is 17.2. The van der Waals surface area contributed by atoms with Gasteiger partial charge in [-0.2, -0.15) is 0 Å². The van der Waals surface area contributed by atoms with E-state index in [1.54, 1.807) is 4.90 Å². The molecule has 1 saturated heterocycles. The molecule has 0 aliphatic carbocycles. The maximum Gasteiger partial charge on any atom is 0.242 e. The minimum absolute atomic E-state index is 0.00622. The van der Waals surface area contributed by atoms with Crippen LogP contribution in [0.1, 0.15) is 12.0 Å². The molecule has 2 heterocycles. The lowest BCUT2D eigenvalue weighted by Gasteiger charge is -2.31. The normalized spacial score (nSPS) is 23.7. The van der Waals surface area contributed by atoms with Crippen molar-refractivity contribution in [1.29, 1.82) is 0 Å². The molecule has 0 aromatic heterocycles. The molecule has 1 aromatic carbocycles. The maximum absolute atomic E-state index is 12.7. The van der Waals surface area contributed by atoms with E-state index in [0.717, 1.165) is 18.7 Å². The Balaban J connectivity index is 1.67. The van der Waals surface area contributed by atoms with Crippen molar-refractivity contribution in [2.24, 2.45) is 5.73 Å². The van der Waals surface area contributed by atoms with Crippen molar-refractivity contribution < 1.29 is 19.4 Å². The third-order valence-electron chi connectivity index (χ3n) is 4.53. The van der Waals surface area contributed by atoms with Gasteiger partial charge in [0.15, 0.2) is 0 Å².